The SMILES string of the molecule is C/C=C\C(C)(C)CCCC(=O)NCCC(C)OCCC(C)C. The first kappa shape index (κ1) is 21.2. The van der Waals surface area contributed by atoms with Gasteiger partial charge in [0.05, 0.1) is 6.10 Å². The molecule has 1 atom stereocenters. The van der Waals surface area contributed by atoms with Gasteiger partial charge in [0.2, 0.25) is 5.91 Å². The van der Waals surface area contributed by atoms with Crippen LogP contribution < -0.4 is 5.32 Å². The van der Waals surface area contributed by atoms with Gasteiger partial charge < -0.3 is 10.1 Å². The summed E-state index contributed by atoms with van der Waals surface area (Å²) >= 11 is 0. The Labute approximate surface area is 137 Å². The second-order valence-electron chi connectivity index (χ2n) is 7.34. The van der Waals surface area contributed by atoms with Crippen LogP contribution in [0.1, 0.15) is 73.6 Å². The standard InChI is InChI=1S/C19H37NO2/c1-7-12-19(5,6)13-8-9-18(21)20-14-10-17(4)22-15-11-16(2)3/h7,12,16-17H,8-11,13-15H2,1-6H3,(H,20,21)/b12-7-. The fraction of sp³-hybridized carbons (Fsp3) is 0.842. The summed E-state index contributed by atoms with van der Waals surface area (Å²) in [5, 5.41) is 2.99. The Morgan fingerprint density at radius 1 is 1.23 bits per heavy atom. The maximum atomic E-state index is 11.8. The molecular weight excluding hydrogens is 274 g/mol. The molecule has 1 unspecified atom stereocenters. The van der Waals surface area contributed by atoms with E-state index in [-0.39, 0.29) is 17.4 Å². The van der Waals surface area contributed by atoms with Gasteiger partial charge in [-0.25, -0.2) is 0 Å². The van der Waals surface area contributed by atoms with Gasteiger partial charge in [0, 0.05) is 19.6 Å². The third-order valence-corrected chi connectivity index (χ3v) is 3.81. The van der Waals surface area contributed by atoms with Crippen molar-refractivity contribution in [2.24, 2.45) is 11.3 Å². The molecule has 0 saturated heterocycles. The summed E-state index contributed by atoms with van der Waals surface area (Å²) in [6.07, 6.45) is 9.08. The number of ether oxygens (including phenoxy) is 1. The Hall–Kier alpha value is -0.830. The molecule has 0 bridgehead atoms. The third kappa shape index (κ3) is 12.9. The van der Waals surface area contributed by atoms with Crippen molar-refractivity contribution in [1.29, 1.82) is 0 Å². The van der Waals surface area contributed by atoms with Gasteiger partial charge in [-0.2, -0.15) is 0 Å². The largest absolute Gasteiger partial charge is 0.378 e. The van der Waals surface area contributed by atoms with Crippen molar-refractivity contribution in [3.05, 3.63) is 12.2 Å². The van der Waals surface area contributed by atoms with Crippen molar-refractivity contribution in [2.75, 3.05) is 13.2 Å². The number of nitrogens with one attached hydrogen (secondary N) is 1. The number of amides is 1. The summed E-state index contributed by atoms with van der Waals surface area (Å²) < 4.78 is 5.73. The molecule has 0 aromatic carbocycles. The molecule has 3 nitrogen and oxygen atoms in total. The number of carbonyl (C=O) groups is 1. The van der Waals surface area contributed by atoms with Crippen LogP contribution in [0.3, 0.4) is 0 Å². The summed E-state index contributed by atoms with van der Waals surface area (Å²) in [7, 11) is 0. The van der Waals surface area contributed by atoms with E-state index in [0.717, 1.165) is 32.3 Å². The second kappa shape index (κ2) is 11.7. The van der Waals surface area contributed by atoms with Crippen LogP contribution >= 0.6 is 0 Å². The monoisotopic (exact) mass is 311 g/mol. The summed E-state index contributed by atoms with van der Waals surface area (Å²) in [6.45, 7) is 14.5. The van der Waals surface area contributed by atoms with Crippen LogP contribution in [0.2, 0.25) is 0 Å². The molecule has 22 heavy (non-hydrogen) atoms. The zero-order valence-corrected chi connectivity index (χ0v) is 15.6. The van der Waals surface area contributed by atoms with Gasteiger partial charge in [0.15, 0.2) is 0 Å². The minimum absolute atomic E-state index is 0.158. The van der Waals surface area contributed by atoms with Crippen molar-refractivity contribution in [1.82, 2.24) is 5.32 Å². The maximum absolute atomic E-state index is 11.8. The molecule has 0 spiro atoms. The van der Waals surface area contributed by atoms with Crippen LogP contribution in [0.5, 0.6) is 0 Å². The van der Waals surface area contributed by atoms with Crippen LogP contribution in [0.4, 0.5) is 0 Å². The molecule has 0 aliphatic carbocycles. The highest BCUT2D eigenvalue weighted by molar-refractivity contribution is 5.75. The van der Waals surface area contributed by atoms with E-state index in [1.807, 2.05) is 6.92 Å². The highest BCUT2D eigenvalue weighted by Crippen LogP contribution is 2.24. The zero-order chi connectivity index (χ0) is 17.0. The number of allylic oxidation sites excluding steroid dienone is 2. The van der Waals surface area contributed by atoms with Crippen LogP contribution in [-0.4, -0.2) is 25.2 Å². The zero-order valence-electron chi connectivity index (χ0n) is 15.6. The van der Waals surface area contributed by atoms with E-state index in [9.17, 15) is 4.79 Å². The number of hydrogen-bond acceptors (Lipinski definition) is 2. The lowest BCUT2D eigenvalue weighted by atomic mass is 9.87. The Balaban J connectivity index is 3.65. The van der Waals surface area contributed by atoms with E-state index in [1.165, 1.54) is 0 Å². The lowest BCUT2D eigenvalue weighted by Gasteiger charge is -2.19. The Kier molecular flexibility index (Phi) is 11.3. The summed E-state index contributed by atoms with van der Waals surface area (Å²) in [4.78, 5) is 11.8. The molecule has 0 radical (unpaired) electrons. The van der Waals surface area contributed by atoms with E-state index in [4.69, 9.17) is 4.74 Å². The molecule has 0 saturated carbocycles. The number of rotatable bonds is 12. The average molecular weight is 312 g/mol. The molecule has 3 heteroatoms. The minimum Gasteiger partial charge on any atom is -0.378 e. The molecule has 1 N–H and O–H groups in total. The van der Waals surface area contributed by atoms with Gasteiger partial charge in [-0.05, 0) is 50.9 Å². The molecule has 130 valence electrons. The molecule has 0 heterocycles. The van der Waals surface area contributed by atoms with E-state index in [1.54, 1.807) is 0 Å². The highest BCUT2D eigenvalue weighted by Gasteiger charge is 2.13. The van der Waals surface area contributed by atoms with Crippen molar-refractivity contribution >= 4 is 5.91 Å². The molecular formula is C19H37NO2. The molecule has 0 aromatic heterocycles. The molecule has 0 fully saturated rings. The van der Waals surface area contributed by atoms with Crippen LogP contribution in [-0.2, 0) is 9.53 Å². The van der Waals surface area contributed by atoms with Gasteiger partial charge >= 0.3 is 0 Å². The maximum Gasteiger partial charge on any atom is 0.219 e. The van der Waals surface area contributed by atoms with Gasteiger partial charge in [0.25, 0.3) is 0 Å². The predicted octanol–water partition coefficient (Wildman–Crippen LogP) is 4.72. The first-order valence-electron chi connectivity index (χ1n) is 8.79. The highest BCUT2D eigenvalue weighted by atomic mass is 16.5. The Morgan fingerprint density at radius 3 is 2.50 bits per heavy atom. The normalized spacial score (nSPS) is 13.8. The van der Waals surface area contributed by atoms with Crippen LogP contribution in [0.15, 0.2) is 12.2 Å². The van der Waals surface area contributed by atoms with E-state index in [0.29, 0.717) is 18.9 Å². The van der Waals surface area contributed by atoms with Crippen LogP contribution in [0, 0.1) is 11.3 Å². The van der Waals surface area contributed by atoms with Crippen molar-refractivity contribution in [3.8, 4) is 0 Å². The van der Waals surface area contributed by atoms with E-state index >= 15 is 0 Å². The minimum atomic E-state index is 0.158. The van der Waals surface area contributed by atoms with Gasteiger partial charge in [-0.1, -0.05) is 39.8 Å². The summed E-state index contributed by atoms with van der Waals surface area (Å²) in [5.41, 5.74) is 0.188. The second-order valence-corrected chi connectivity index (χ2v) is 7.34. The van der Waals surface area contributed by atoms with E-state index in [2.05, 4.69) is 52.1 Å². The predicted molar refractivity (Wildman–Crippen MR) is 94.9 cm³/mol. The van der Waals surface area contributed by atoms with E-state index < -0.39 is 0 Å². The van der Waals surface area contributed by atoms with Crippen LogP contribution in [0.25, 0.3) is 0 Å². The lowest BCUT2D eigenvalue weighted by Crippen LogP contribution is -2.27. The molecule has 0 rings (SSSR count). The molecule has 0 aromatic rings. The summed E-state index contributed by atoms with van der Waals surface area (Å²) in [6, 6.07) is 0. The lowest BCUT2D eigenvalue weighted by molar-refractivity contribution is -0.121. The molecule has 0 aliphatic rings. The number of carbonyl (C=O) groups excluding carboxylic acids is 1. The quantitative estimate of drug-likeness (QED) is 0.530. The van der Waals surface area contributed by atoms with Gasteiger partial charge in [0.1, 0.15) is 0 Å². The first-order valence-corrected chi connectivity index (χ1v) is 8.79. The smallest absolute Gasteiger partial charge is 0.219 e. The van der Waals surface area contributed by atoms with Crippen molar-refractivity contribution in [3.63, 3.8) is 0 Å². The third-order valence-electron chi connectivity index (χ3n) is 3.81. The van der Waals surface area contributed by atoms with Gasteiger partial charge in [-0.3, -0.25) is 4.79 Å². The topological polar surface area (TPSA) is 38.3 Å². The first-order chi connectivity index (χ1) is 10.3. The number of hydrogen-bond donors (Lipinski definition) is 1. The molecule has 1 amide bonds. The fourth-order valence-corrected chi connectivity index (χ4v) is 2.33. The van der Waals surface area contributed by atoms with Crippen molar-refractivity contribution < 1.29 is 9.53 Å². The summed E-state index contributed by atoms with van der Waals surface area (Å²) in [5.74, 6) is 0.837. The Morgan fingerprint density at radius 2 is 1.91 bits per heavy atom. The van der Waals surface area contributed by atoms with Crippen molar-refractivity contribution in [2.45, 2.75) is 79.8 Å². The Bertz CT molecular complexity index is 321. The average Bonchev–Trinajstić information content (AvgIpc) is 2.37. The van der Waals surface area contributed by atoms with Gasteiger partial charge in [-0.15, -0.1) is 0 Å². The fourth-order valence-electron chi connectivity index (χ4n) is 2.33. The molecule has 0 aliphatic heterocycles.